The van der Waals surface area contributed by atoms with Crippen LogP contribution < -0.4 is 4.90 Å². The van der Waals surface area contributed by atoms with E-state index in [4.69, 9.17) is 11.6 Å². The molecule has 0 radical (unpaired) electrons. The fourth-order valence-corrected chi connectivity index (χ4v) is 2.13. The van der Waals surface area contributed by atoms with E-state index in [1.807, 2.05) is 13.1 Å². The van der Waals surface area contributed by atoms with E-state index in [0.29, 0.717) is 17.8 Å². The summed E-state index contributed by atoms with van der Waals surface area (Å²) in [6.07, 6.45) is 1.90. The average molecular weight is 255 g/mol. The molecule has 0 fully saturated rings. The number of aromatic nitrogens is 1. The minimum atomic E-state index is 0.473. The zero-order valence-corrected chi connectivity index (χ0v) is 12.3. The molecule has 0 aliphatic heterocycles. The van der Waals surface area contributed by atoms with Crippen LogP contribution in [0.1, 0.15) is 39.0 Å². The van der Waals surface area contributed by atoms with Gasteiger partial charge >= 0.3 is 0 Å². The van der Waals surface area contributed by atoms with Crippen LogP contribution in [-0.4, -0.2) is 17.6 Å². The molecule has 0 aliphatic rings. The van der Waals surface area contributed by atoms with Crippen molar-refractivity contribution in [3.05, 3.63) is 23.5 Å². The van der Waals surface area contributed by atoms with Gasteiger partial charge in [0.1, 0.15) is 0 Å². The van der Waals surface area contributed by atoms with Gasteiger partial charge in [-0.25, -0.2) is 0 Å². The van der Waals surface area contributed by atoms with Gasteiger partial charge in [-0.2, -0.15) is 0 Å². The molecule has 3 heteroatoms. The molecule has 0 bridgehead atoms. The van der Waals surface area contributed by atoms with Crippen molar-refractivity contribution in [3.8, 4) is 0 Å². The third-order valence-corrected chi connectivity index (χ3v) is 3.03. The van der Waals surface area contributed by atoms with Crippen LogP contribution in [0.25, 0.3) is 0 Å². The monoisotopic (exact) mass is 254 g/mol. The van der Waals surface area contributed by atoms with Gasteiger partial charge in [-0.3, -0.25) is 4.98 Å². The number of halogens is 1. The fraction of sp³-hybridized carbons (Fsp3) is 0.643. The Morgan fingerprint density at radius 1 is 1.29 bits per heavy atom. The Morgan fingerprint density at radius 3 is 2.41 bits per heavy atom. The average Bonchev–Trinajstić information content (AvgIpc) is 2.25. The minimum Gasteiger partial charge on any atom is -0.368 e. The molecule has 0 aliphatic carbocycles. The van der Waals surface area contributed by atoms with Crippen LogP contribution in [0, 0.1) is 12.8 Å². The Labute approximate surface area is 110 Å². The van der Waals surface area contributed by atoms with Gasteiger partial charge in [0, 0.05) is 35.7 Å². The topological polar surface area (TPSA) is 16.1 Å². The number of anilines is 1. The van der Waals surface area contributed by atoms with Gasteiger partial charge in [0.15, 0.2) is 0 Å². The van der Waals surface area contributed by atoms with Crippen molar-refractivity contribution in [3.63, 3.8) is 0 Å². The van der Waals surface area contributed by atoms with Crippen molar-refractivity contribution in [2.45, 2.75) is 46.5 Å². The molecule has 1 aromatic heterocycles. The zero-order valence-electron chi connectivity index (χ0n) is 11.5. The lowest BCUT2D eigenvalue weighted by Crippen LogP contribution is -2.34. The highest BCUT2D eigenvalue weighted by molar-refractivity contribution is 6.17. The fourth-order valence-electron chi connectivity index (χ4n) is 1.92. The van der Waals surface area contributed by atoms with Crippen molar-refractivity contribution in [2.24, 2.45) is 5.92 Å². The summed E-state index contributed by atoms with van der Waals surface area (Å²) < 4.78 is 0. The van der Waals surface area contributed by atoms with E-state index < -0.39 is 0 Å². The van der Waals surface area contributed by atoms with E-state index in [-0.39, 0.29) is 0 Å². The number of rotatable bonds is 5. The highest BCUT2D eigenvalue weighted by Crippen LogP contribution is 2.25. The normalized spacial score (nSPS) is 11.3. The molecule has 0 aromatic carbocycles. The maximum absolute atomic E-state index is 6.00. The first-order chi connectivity index (χ1) is 7.95. The lowest BCUT2D eigenvalue weighted by molar-refractivity contribution is 0.569. The summed E-state index contributed by atoms with van der Waals surface area (Å²) in [6.45, 7) is 12.0. The largest absolute Gasteiger partial charge is 0.368 e. The molecule has 0 atom stereocenters. The summed E-state index contributed by atoms with van der Waals surface area (Å²) in [6, 6.07) is 2.61. The molecular formula is C14H23ClN2. The van der Waals surface area contributed by atoms with Crippen molar-refractivity contribution in [1.82, 2.24) is 4.98 Å². The summed E-state index contributed by atoms with van der Waals surface area (Å²) in [5.41, 5.74) is 3.39. The summed E-state index contributed by atoms with van der Waals surface area (Å²) in [4.78, 5) is 6.73. The van der Waals surface area contributed by atoms with Crippen molar-refractivity contribution in [2.75, 3.05) is 11.4 Å². The van der Waals surface area contributed by atoms with Crippen molar-refractivity contribution >= 4 is 17.3 Å². The molecule has 96 valence electrons. The summed E-state index contributed by atoms with van der Waals surface area (Å²) >= 11 is 6.00. The first-order valence-electron chi connectivity index (χ1n) is 6.23. The maximum atomic E-state index is 6.00. The van der Waals surface area contributed by atoms with Crippen LogP contribution >= 0.6 is 11.6 Å². The molecule has 0 amide bonds. The number of aryl methyl sites for hydroxylation is 1. The molecule has 1 heterocycles. The van der Waals surface area contributed by atoms with Gasteiger partial charge in [-0.05, 0) is 32.8 Å². The second kappa shape index (κ2) is 6.25. The van der Waals surface area contributed by atoms with E-state index in [0.717, 1.165) is 17.8 Å². The lowest BCUT2D eigenvalue weighted by Gasteiger charge is -2.32. The minimum absolute atomic E-state index is 0.473. The van der Waals surface area contributed by atoms with Gasteiger partial charge < -0.3 is 4.90 Å². The van der Waals surface area contributed by atoms with Crippen LogP contribution in [0.4, 0.5) is 5.69 Å². The molecular weight excluding hydrogens is 232 g/mol. The molecule has 0 unspecified atom stereocenters. The predicted molar refractivity (Wildman–Crippen MR) is 75.9 cm³/mol. The van der Waals surface area contributed by atoms with Gasteiger partial charge in [-0.15, -0.1) is 11.6 Å². The summed E-state index contributed by atoms with van der Waals surface area (Å²) in [5.74, 6) is 1.15. The van der Waals surface area contributed by atoms with Crippen molar-refractivity contribution in [1.29, 1.82) is 0 Å². The standard InChI is InChI=1S/C14H23ClN2/c1-10(2)9-17(11(3)4)14-6-12(5)16-8-13(14)7-15/h6,8,10-11H,7,9H2,1-5H3. The Hall–Kier alpha value is -0.760. The van der Waals surface area contributed by atoms with E-state index in [2.05, 4.69) is 43.6 Å². The Balaban J connectivity index is 3.11. The molecule has 0 N–H and O–H groups in total. The molecule has 0 saturated heterocycles. The summed E-state index contributed by atoms with van der Waals surface area (Å²) in [7, 11) is 0. The van der Waals surface area contributed by atoms with Gasteiger partial charge in [0.25, 0.3) is 0 Å². The molecule has 2 nitrogen and oxygen atoms in total. The molecule has 1 rings (SSSR count). The van der Waals surface area contributed by atoms with Crippen molar-refractivity contribution < 1.29 is 0 Å². The van der Waals surface area contributed by atoms with Crippen LogP contribution in [0.2, 0.25) is 0 Å². The molecule has 1 aromatic rings. The number of nitrogens with zero attached hydrogens (tertiary/aromatic N) is 2. The van der Waals surface area contributed by atoms with Crippen LogP contribution in [0.5, 0.6) is 0 Å². The second-order valence-corrected chi connectivity index (χ2v) is 5.50. The Kier molecular flexibility index (Phi) is 5.26. The smallest absolute Gasteiger partial charge is 0.0509 e. The van der Waals surface area contributed by atoms with E-state index >= 15 is 0 Å². The highest BCUT2D eigenvalue weighted by Gasteiger charge is 2.16. The SMILES string of the molecule is Cc1cc(N(CC(C)C)C(C)C)c(CCl)cn1. The van der Waals surface area contributed by atoms with Gasteiger partial charge in [-0.1, -0.05) is 13.8 Å². The number of pyridine rings is 1. The third kappa shape index (κ3) is 3.88. The van der Waals surface area contributed by atoms with Crippen LogP contribution in [0.15, 0.2) is 12.3 Å². The molecule has 0 saturated carbocycles. The highest BCUT2D eigenvalue weighted by atomic mass is 35.5. The third-order valence-electron chi connectivity index (χ3n) is 2.74. The number of hydrogen-bond donors (Lipinski definition) is 0. The van der Waals surface area contributed by atoms with Crippen LogP contribution in [0.3, 0.4) is 0 Å². The Morgan fingerprint density at radius 2 is 1.94 bits per heavy atom. The van der Waals surface area contributed by atoms with E-state index in [9.17, 15) is 0 Å². The maximum Gasteiger partial charge on any atom is 0.0509 e. The number of alkyl halides is 1. The molecule has 17 heavy (non-hydrogen) atoms. The Bertz CT molecular complexity index is 361. The molecule has 0 spiro atoms. The lowest BCUT2D eigenvalue weighted by atomic mass is 10.1. The predicted octanol–water partition coefficient (Wildman–Crippen LogP) is 4.00. The zero-order chi connectivity index (χ0) is 13.0. The van der Waals surface area contributed by atoms with Gasteiger partial charge in [0.2, 0.25) is 0 Å². The first kappa shape index (κ1) is 14.3. The quantitative estimate of drug-likeness (QED) is 0.739. The van der Waals surface area contributed by atoms with Crippen LogP contribution in [-0.2, 0) is 5.88 Å². The second-order valence-electron chi connectivity index (χ2n) is 5.23. The van der Waals surface area contributed by atoms with E-state index in [1.54, 1.807) is 0 Å². The number of hydrogen-bond acceptors (Lipinski definition) is 2. The summed E-state index contributed by atoms with van der Waals surface area (Å²) in [5, 5.41) is 0. The van der Waals surface area contributed by atoms with Gasteiger partial charge in [0.05, 0.1) is 5.88 Å². The van der Waals surface area contributed by atoms with E-state index in [1.165, 1.54) is 5.69 Å². The first-order valence-corrected chi connectivity index (χ1v) is 6.77.